The summed E-state index contributed by atoms with van der Waals surface area (Å²) in [5, 5.41) is 7.26. The smallest absolute Gasteiger partial charge is 0.255 e. The van der Waals surface area contributed by atoms with Gasteiger partial charge in [-0.05, 0) is 48.9 Å². The maximum absolute atomic E-state index is 12.6. The van der Waals surface area contributed by atoms with E-state index in [1.807, 2.05) is 49.4 Å². The maximum Gasteiger partial charge on any atom is 0.255 e. The highest BCUT2D eigenvalue weighted by Crippen LogP contribution is 2.32. The van der Waals surface area contributed by atoms with Gasteiger partial charge in [-0.3, -0.25) is 4.79 Å². The molecule has 0 radical (unpaired) electrons. The first-order valence-corrected chi connectivity index (χ1v) is 8.51. The number of methoxy groups -OCH3 is 1. The highest BCUT2D eigenvalue weighted by Gasteiger charge is 2.16. The molecule has 1 N–H and O–H groups in total. The second-order valence-corrected chi connectivity index (χ2v) is 6.12. The minimum Gasteiger partial charge on any atom is -0.497 e. The van der Waals surface area contributed by atoms with Crippen molar-refractivity contribution in [3.05, 3.63) is 65.5 Å². The van der Waals surface area contributed by atoms with Gasteiger partial charge in [0.1, 0.15) is 5.75 Å². The molecule has 1 aliphatic rings. The molecule has 0 bridgehead atoms. The Hall–Kier alpha value is -3.48. The highest BCUT2D eigenvalue weighted by atomic mass is 16.7. The number of carbonyl (C=O) groups excluding carboxylic acids is 1. The summed E-state index contributed by atoms with van der Waals surface area (Å²) in [7, 11) is 1.62. The molecule has 2 heterocycles. The highest BCUT2D eigenvalue weighted by molar-refractivity contribution is 5.95. The molecule has 27 heavy (non-hydrogen) atoms. The van der Waals surface area contributed by atoms with Gasteiger partial charge in [-0.25, -0.2) is 4.68 Å². The first-order chi connectivity index (χ1) is 13.2. The van der Waals surface area contributed by atoms with Crippen LogP contribution in [0, 0.1) is 6.92 Å². The Bertz CT molecular complexity index is 979. The van der Waals surface area contributed by atoms with Crippen LogP contribution < -0.4 is 19.5 Å². The second kappa shape index (κ2) is 7.03. The summed E-state index contributed by atoms with van der Waals surface area (Å²) in [5.41, 5.74) is 3.10. The number of nitrogens with one attached hydrogen (secondary N) is 1. The van der Waals surface area contributed by atoms with E-state index in [1.54, 1.807) is 18.0 Å². The van der Waals surface area contributed by atoms with Crippen molar-refractivity contribution >= 4 is 5.91 Å². The topological polar surface area (TPSA) is 74.6 Å². The Balaban J connectivity index is 1.46. The van der Waals surface area contributed by atoms with E-state index in [0.29, 0.717) is 17.9 Å². The normalized spacial score (nSPS) is 12.1. The Kier molecular flexibility index (Phi) is 4.42. The second-order valence-electron chi connectivity index (χ2n) is 6.12. The Morgan fingerprint density at radius 2 is 1.96 bits per heavy atom. The van der Waals surface area contributed by atoms with Gasteiger partial charge in [0.15, 0.2) is 11.5 Å². The van der Waals surface area contributed by atoms with Gasteiger partial charge in [0, 0.05) is 6.54 Å². The van der Waals surface area contributed by atoms with E-state index in [1.165, 1.54) is 0 Å². The quantitative estimate of drug-likeness (QED) is 0.753. The number of aromatic nitrogens is 2. The van der Waals surface area contributed by atoms with Crippen LogP contribution in [0.5, 0.6) is 17.2 Å². The molecule has 0 unspecified atom stereocenters. The van der Waals surface area contributed by atoms with Gasteiger partial charge in [0.05, 0.1) is 30.3 Å². The summed E-state index contributed by atoms with van der Waals surface area (Å²) in [4.78, 5) is 12.6. The molecule has 0 atom stereocenters. The number of carbonyl (C=O) groups is 1. The van der Waals surface area contributed by atoms with Crippen molar-refractivity contribution < 1.29 is 19.0 Å². The SMILES string of the molecule is COc1ccc(-n2ncc(C(=O)NCc3ccc4c(c3)OCO4)c2C)cc1. The lowest BCUT2D eigenvalue weighted by atomic mass is 10.2. The van der Waals surface area contributed by atoms with Crippen LogP contribution in [0.15, 0.2) is 48.7 Å². The summed E-state index contributed by atoms with van der Waals surface area (Å²) >= 11 is 0. The van der Waals surface area contributed by atoms with Gasteiger partial charge in [-0.2, -0.15) is 5.10 Å². The minimum atomic E-state index is -0.176. The molecule has 138 valence electrons. The van der Waals surface area contributed by atoms with Crippen LogP contribution >= 0.6 is 0 Å². The lowest BCUT2D eigenvalue weighted by Crippen LogP contribution is -2.23. The van der Waals surface area contributed by atoms with Crippen molar-refractivity contribution in [3.63, 3.8) is 0 Å². The van der Waals surface area contributed by atoms with Gasteiger partial charge >= 0.3 is 0 Å². The van der Waals surface area contributed by atoms with Gasteiger partial charge < -0.3 is 19.5 Å². The third-order valence-electron chi connectivity index (χ3n) is 4.46. The number of hydrogen-bond acceptors (Lipinski definition) is 5. The van der Waals surface area contributed by atoms with Crippen LogP contribution in [0.2, 0.25) is 0 Å². The first kappa shape index (κ1) is 17.0. The maximum atomic E-state index is 12.6. The molecular weight excluding hydrogens is 346 g/mol. The van der Waals surface area contributed by atoms with Crippen LogP contribution in [0.1, 0.15) is 21.6 Å². The van der Waals surface area contributed by atoms with E-state index in [4.69, 9.17) is 14.2 Å². The van der Waals surface area contributed by atoms with E-state index in [9.17, 15) is 4.79 Å². The number of ether oxygens (including phenoxy) is 3. The number of fused-ring (bicyclic) bond motifs is 1. The van der Waals surface area contributed by atoms with E-state index >= 15 is 0 Å². The molecule has 0 fully saturated rings. The van der Waals surface area contributed by atoms with Crippen molar-refractivity contribution in [1.82, 2.24) is 15.1 Å². The van der Waals surface area contributed by atoms with E-state index in [0.717, 1.165) is 28.4 Å². The Morgan fingerprint density at radius 1 is 1.19 bits per heavy atom. The van der Waals surface area contributed by atoms with Crippen molar-refractivity contribution in [1.29, 1.82) is 0 Å². The fourth-order valence-corrected chi connectivity index (χ4v) is 2.94. The molecule has 2 aromatic carbocycles. The standard InChI is InChI=1S/C20H19N3O4/c1-13-17(11-22-23(13)15-4-6-16(25-2)7-5-15)20(24)21-10-14-3-8-18-19(9-14)27-12-26-18/h3-9,11H,10,12H2,1-2H3,(H,21,24). The Morgan fingerprint density at radius 3 is 2.74 bits per heavy atom. The molecule has 4 rings (SSSR count). The predicted molar refractivity (Wildman–Crippen MR) is 98.6 cm³/mol. The molecule has 0 aliphatic carbocycles. The monoisotopic (exact) mass is 365 g/mol. The average Bonchev–Trinajstić information content (AvgIpc) is 3.32. The van der Waals surface area contributed by atoms with Crippen molar-refractivity contribution in [2.24, 2.45) is 0 Å². The molecule has 0 saturated carbocycles. The predicted octanol–water partition coefficient (Wildman–Crippen LogP) is 2.85. The lowest BCUT2D eigenvalue weighted by molar-refractivity contribution is 0.0950. The number of amides is 1. The molecule has 7 heteroatoms. The molecule has 1 amide bonds. The van der Waals surface area contributed by atoms with Crippen LogP contribution in [0.4, 0.5) is 0 Å². The number of benzene rings is 2. The van der Waals surface area contributed by atoms with Crippen molar-refractivity contribution in [2.45, 2.75) is 13.5 Å². The largest absolute Gasteiger partial charge is 0.497 e. The van der Waals surface area contributed by atoms with Crippen LogP contribution in [-0.4, -0.2) is 29.6 Å². The van der Waals surface area contributed by atoms with E-state index in [2.05, 4.69) is 10.4 Å². The van der Waals surface area contributed by atoms with Crippen molar-refractivity contribution in [3.8, 4) is 22.9 Å². The summed E-state index contributed by atoms with van der Waals surface area (Å²) in [6.45, 7) is 2.49. The molecule has 3 aromatic rings. The lowest BCUT2D eigenvalue weighted by Gasteiger charge is -2.08. The summed E-state index contributed by atoms with van der Waals surface area (Å²) in [5.74, 6) is 2.02. The van der Waals surface area contributed by atoms with Crippen LogP contribution in [0.25, 0.3) is 5.69 Å². The van der Waals surface area contributed by atoms with Crippen LogP contribution in [-0.2, 0) is 6.54 Å². The first-order valence-electron chi connectivity index (χ1n) is 8.51. The molecule has 1 aromatic heterocycles. The van der Waals surface area contributed by atoms with Gasteiger partial charge in [0.25, 0.3) is 5.91 Å². The van der Waals surface area contributed by atoms with Gasteiger partial charge in [-0.1, -0.05) is 6.07 Å². The summed E-state index contributed by atoms with van der Waals surface area (Å²) in [6, 6.07) is 13.1. The van der Waals surface area contributed by atoms with Gasteiger partial charge in [0.2, 0.25) is 6.79 Å². The summed E-state index contributed by atoms with van der Waals surface area (Å²) in [6.07, 6.45) is 1.58. The Labute approximate surface area is 156 Å². The summed E-state index contributed by atoms with van der Waals surface area (Å²) < 4.78 is 17.6. The van der Waals surface area contributed by atoms with Crippen molar-refractivity contribution in [2.75, 3.05) is 13.9 Å². The third-order valence-corrected chi connectivity index (χ3v) is 4.46. The van der Waals surface area contributed by atoms with E-state index in [-0.39, 0.29) is 12.7 Å². The molecule has 1 aliphatic heterocycles. The molecule has 0 spiro atoms. The number of rotatable bonds is 5. The number of nitrogens with zero attached hydrogens (tertiary/aromatic N) is 2. The minimum absolute atomic E-state index is 0.176. The average molecular weight is 365 g/mol. The third kappa shape index (κ3) is 3.31. The molecule has 7 nitrogen and oxygen atoms in total. The molecule has 0 saturated heterocycles. The zero-order valence-electron chi connectivity index (χ0n) is 15.1. The molecular formula is C20H19N3O4. The fraction of sp³-hybridized carbons (Fsp3) is 0.200. The van der Waals surface area contributed by atoms with Gasteiger partial charge in [-0.15, -0.1) is 0 Å². The van der Waals surface area contributed by atoms with Crippen LogP contribution in [0.3, 0.4) is 0 Å². The fourth-order valence-electron chi connectivity index (χ4n) is 2.94. The van der Waals surface area contributed by atoms with E-state index < -0.39 is 0 Å². The zero-order valence-corrected chi connectivity index (χ0v) is 15.1. The zero-order chi connectivity index (χ0) is 18.8. The number of hydrogen-bond donors (Lipinski definition) is 1.